The molecule has 8 nitrogen and oxygen atoms in total. The zero-order valence-corrected chi connectivity index (χ0v) is 18.5. The first-order valence-electron chi connectivity index (χ1n) is 10.8. The van der Waals surface area contributed by atoms with Crippen molar-refractivity contribution < 1.29 is 13.9 Å². The van der Waals surface area contributed by atoms with Crippen LogP contribution in [-0.2, 0) is 4.74 Å². The fraction of sp³-hybridized carbons (Fsp3) is 0.292. The second kappa shape index (κ2) is 10.5. The van der Waals surface area contributed by atoms with Crippen molar-refractivity contribution in [1.82, 2.24) is 14.9 Å². The van der Waals surface area contributed by atoms with Crippen molar-refractivity contribution in [2.45, 2.75) is 0 Å². The first-order valence-corrected chi connectivity index (χ1v) is 10.8. The zero-order chi connectivity index (χ0) is 23.2. The molecule has 9 heteroatoms. The number of aromatic amines is 1. The largest absolute Gasteiger partial charge is 0.492 e. The van der Waals surface area contributed by atoms with Crippen LogP contribution in [0.25, 0.3) is 16.6 Å². The van der Waals surface area contributed by atoms with Crippen molar-refractivity contribution in [1.29, 1.82) is 0 Å². The molecule has 0 radical (unpaired) electrons. The maximum Gasteiger partial charge on any atom is 0.257 e. The summed E-state index contributed by atoms with van der Waals surface area (Å²) in [4.78, 5) is 17.7. The topological polar surface area (TPSA) is 95.8 Å². The van der Waals surface area contributed by atoms with E-state index in [1.807, 2.05) is 24.3 Å². The molecular weight excluding hydrogens is 425 g/mol. The predicted molar refractivity (Wildman–Crippen MR) is 127 cm³/mol. The van der Waals surface area contributed by atoms with E-state index in [0.717, 1.165) is 44.3 Å². The highest BCUT2D eigenvalue weighted by molar-refractivity contribution is 5.82. The van der Waals surface area contributed by atoms with Crippen molar-refractivity contribution in [3.05, 3.63) is 76.5 Å². The number of benzene rings is 2. The number of morpholine rings is 1. The molecule has 0 unspecified atom stereocenters. The minimum Gasteiger partial charge on any atom is -0.492 e. The summed E-state index contributed by atoms with van der Waals surface area (Å²) < 4.78 is 24.9. The number of anilines is 1. The van der Waals surface area contributed by atoms with E-state index in [2.05, 4.69) is 15.2 Å². The van der Waals surface area contributed by atoms with E-state index in [9.17, 15) is 9.18 Å². The number of hydrazine groups is 1. The highest BCUT2D eigenvalue weighted by atomic mass is 19.1. The van der Waals surface area contributed by atoms with Gasteiger partial charge in [0.2, 0.25) is 0 Å². The molecule has 1 saturated heterocycles. The average Bonchev–Trinajstić information content (AvgIpc) is 2.80. The van der Waals surface area contributed by atoms with Gasteiger partial charge >= 0.3 is 0 Å². The van der Waals surface area contributed by atoms with Crippen LogP contribution in [0.5, 0.6) is 5.75 Å². The van der Waals surface area contributed by atoms with Crippen molar-refractivity contribution in [3.63, 3.8) is 0 Å². The van der Waals surface area contributed by atoms with E-state index in [1.165, 1.54) is 23.2 Å². The summed E-state index contributed by atoms with van der Waals surface area (Å²) in [5.41, 5.74) is 1.78. The summed E-state index contributed by atoms with van der Waals surface area (Å²) in [5.74, 6) is 6.36. The molecule has 0 aliphatic carbocycles. The number of halogens is 1. The third-order valence-corrected chi connectivity index (χ3v) is 5.45. The maximum absolute atomic E-state index is 13.7. The Morgan fingerprint density at radius 2 is 2.09 bits per heavy atom. The minimum atomic E-state index is -0.379. The Labute approximate surface area is 191 Å². The Morgan fingerprint density at radius 1 is 1.27 bits per heavy atom. The van der Waals surface area contributed by atoms with Gasteiger partial charge in [0.1, 0.15) is 18.2 Å². The van der Waals surface area contributed by atoms with Gasteiger partial charge in [-0.3, -0.25) is 9.69 Å². The van der Waals surface area contributed by atoms with E-state index < -0.39 is 0 Å². The number of hydrogen-bond acceptors (Lipinski definition) is 7. The number of rotatable bonds is 8. The normalized spacial score (nSPS) is 14.9. The lowest BCUT2D eigenvalue weighted by molar-refractivity contribution is 0.0322. The molecule has 174 valence electrons. The number of H-pyrrole nitrogens is 1. The quantitative estimate of drug-likeness (QED) is 0.356. The highest BCUT2D eigenvalue weighted by Crippen LogP contribution is 2.21. The molecule has 4 N–H and O–H groups in total. The molecule has 1 fully saturated rings. The van der Waals surface area contributed by atoms with Gasteiger partial charge in [-0.05, 0) is 36.4 Å². The van der Waals surface area contributed by atoms with Gasteiger partial charge in [-0.15, -0.1) is 0 Å². The van der Waals surface area contributed by atoms with Gasteiger partial charge in [-0.2, -0.15) is 0 Å². The first-order chi connectivity index (χ1) is 16.0. The predicted octanol–water partition coefficient (Wildman–Crippen LogP) is 2.59. The molecule has 2 heterocycles. The number of pyridine rings is 1. The summed E-state index contributed by atoms with van der Waals surface area (Å²) >= 11 is 0. The molecule has 1 aromatic heterocycles. The molecule has 4 rings (SSSR count). The molecule has 33 heavy (non-hydrogen) atoms. The Kier molecular flexibility index (Phi) is 7.23. The molecule has 0 bridgehead atoms. The zero-order valence-electron chi connectivity index (χ0n) is 18.5. The van der Waals surface area contributed by atoms with Crippen LogP contribution in [0.4, 0.5) is 10.1 Å². The second-order valence-corrected chi connectivity index (χ2v) is 7.86. The van der Waals surface area contributed by atoms with E-state index in [-0.39, 0.29) is 11.4 Å². The molecule has 0 amide bonds. The van der Waals surface area contributed by atoms with Crippen LogP contribution in [0.1, 0.15) is 5.56 Å². The Morgan fingerprint density at radius 3 is 2.88 bits per heavy atom. The lowest BCUT2D eigenvalue weighted by Gasteiger charge is -2.26. The van der Waals surface area contributed by atoms with Gasteiger partial charge in [-0.25, -0.2) is 10.2 Å². The SMILES string of the molecule is CN(N)C(=CNc1cccc(OCCN2CCOCC2)c1)c1cc2cc(F)ccc2[nH]c1=O. The lowest BCUT2D eigenvalue weighted by Crippen LogP contribution is -2.38. The fourth-order valence-corrected chi connectivity index (χ4v) is 3.68. The Bertz CT molecular complexity index is 1190. The highest BCUT2D eigenvalue weighted by Gasteiger charge is 2.12. The smallest absolute Gasteiger partial charge is 0.257 e. The fourth-order valence-electron chi connectivity index (χ4n) is 3.68. The summed E-state index contributed by atoms with van der Waals surface area (Å²) in [6.07, 6.45) is 1.64. The van der Waals surface area contributed by atoms with E-state index in [4.69, 9.17) is 15.3 Å². The summed E-state index contributed by atoms with van der Waals surface area (Å²) in [6, 6.07) is 13.4. The Balaban J connectivity index is 1.48. The van der Waals surface area contributed by atoms with Crippen LogP contribution in [0.2, 0.25) is 0 Å². The molecule has 3 aromatic rings. The van der Waals surface area contributed by atoms with Crippen molar-refractivity contribution in [3.8, 4) is 5.75 Å². The number of ether oxygens (including phenoxy) is 2. The third-order valence-electron chi connectivity index (χ3n) is 5.45. The number of fused-ring (bicyclic) bond motifs is 1. The molecule has 1 aliphatic heterocycles. The molecule has 0 atom stereocenters. The van der Waals surface area contributed by atoms with Crippen molar-refractivity contribution in [2.75, 3.05) is 51.8 Å². The summed E-state index contributed by atoms with van der Waals surface area (Å²) in [6.45, 7) is 4.79. The summed E-state index contributed by atoms with van der Waals surface area (Å²) in [5, 5.41) is 5.09. The van der Waals surface area contributed by atoms with E-state index in [0.29, 0.717) is 28.8 Å². The lowest BCUT2D eigenvalue weighted by atomic mass is 10.1. The maximum atomic E-state index is 13.7. The van der Waals surface area contributed by atoms with Crippen LogP contribution in [0, 0.1) is 5.82 Å². The second-order valence-electron chi connectivity index (χ2n) is 7.86. The van der Waals surface area contributed by atoms with E-state index >= 15 is 0 Å². The summed E-state index contributed by atoms with van der Waals surface area (Å²) in [7, 11) is 1.63. The van der Waals surface area contributed by atoms with Gasteiger partial charge < -0.3 is 24.8 Å². The van der Waals surface area contributed by atoms with Gasteiger partial charge in [0.15, 0.2) is 0 Å². The molecule has 0 saturated carbocycles. The molecular formula is C24H28FN5O3. The number of nitrogens with zero attached hydrogens (tertiary/aromatic N) is 2. The Hall–Kier alpha value is -3.40. The third kappa shape index (κ3) is 5.89. The van der Waals surface area contributed by atoms with Gasteiger partial charge in [0, 0.05) is 55.5 Å². The van der Waals surface area contributed by atoms with Crippen molar-refractivity contribution >= 4 is 22.3 Å². The number of nitrogens with two attached hydrogens (primary N) is 1. The monoisotopic (exact) mass is 453 g/mol. The minimum absolute atomic E-state index is 0.320. The van der Waals surface area contributed by atoms with Crippen LogP contribution >= 0.6 is 0 Å². The number of nitrogens with one attached hydrogen (secondary N) is 2. The van der Waals surface area contributed by atoms with Crippen LogP contribution < -0.4 is 21.5 Å². The van der Waals surface area contributed by atoms with E-state index in [1.54, 1.807) is 19.3 Å². The molecule has 0 spiro atoms. The van der Waals surface area contributed by atoms with Crippen LogP contribution in [0.3, 0.4) is 0 Å². The van der Waals surface area contributed by atoms with Crippen molar-refractivity contribution in [2.24, 2.45) is 5.84 Å². The van der Waals surface area contributed by atoms with Gasteiger partial charge in [0.05, 0.1) is 24.5 Å². The number of hydrogen-bond donors (Lipinski definition) is 3. The van der Waals surface area contributed by atoms with Crippen LogP contribution in [-0.4, -0.2) is 61.4 Å². The molecule has 2 aromatic carbocycles. The first kappa shape index (κ1) is 22.8. The average molecular weight is 454 g/mol. The number of aromatic nitrogens is 1. The van der Waals surface area contributed by atoms with Gasteiger partial charge in [-0.1, -0.05) is 6.07 Å². The van der Waals surface area contributed by atoms with Gasteiger partial charge in [0.25, 0.3) is 5.56 Å². The van der Waals surface area contributed by atoms with Crippen LogP contribution in [0.15, 0.2) is 59.5 Å². The molecule has 1 aliphatic rings. The standard InChI is InChI=1S/C24H28FN5O3/c1-29(26)23(21-14-17-13-18(25)5-6-22(17)28-24(21)31)16-27-19-3-2-4-20(15-19)33-12-9-30-7-10-32-11-8-30/h2-6,13-16,27H,7-12,26H2,1H3,(H,28,31).